The number of allylic oxidation sites excluding steroid dienone is 2. The maximum atomic E-state index is 11.6. The van der Waals surface area contributed by atoms with Crippen molar-refractivity contribution in [1.29, 1.82) is 0 Å². The largest absolute Gasteiger partial charge is 0.547 e. The first-order valence-corrected chi connectivity index (χ1v) is 7.59. The van der Waals surface area contributed by atoms with Crippen LogP contribution in [0.1, 0.15) is 19.8 Å². The van der Waals surface area contributed by atoms with Crippen LogP contribution in [0.2, 0.25) is 0 Å². The number of unbranched alkanes of at least 4 members (excludes halogenated alkanes) is 1. The Morgan fingerprint density at radius 1 is 1.29 bits per heavy atom. The number of methoxy groups -OCH3 is 2. The normalized spacial score (nSPS) is 16.5. The van der Waals surface area contributed by atoms with Gasteiger partial charge in [-0.3, -0.25) is 0 Å². The van der Waals surface area contributed by atoms with E-state index in [1.54, 1.807) is 23.3 Å². The fraction of sp³-hybridized carbons (Fsp3) is 0.438. The molecule has 1 atom stereocenters. The Hall–Kier alpha value is -2.77. The Labute approximate surface area is 140 Å². The van der Waals surface area contributed by atoms with Crippen molar-refractivity contribution >= 4 is 5.97 Å². The molecule has 8 heteroatoms. The lowest BCUT2D eigenvalue weighted by molar-refractivity contribution is -0.310. The third-order valence-electron chi connectivity index (χ3n) is 3.42. The van der Waals surface area contributed by atoms with Crippen LogP contribution >= 0.6 is 0 Å². The van der Waals surface area contributed by atoms with Crippen molar-refractivity contribution in [1.82, 2.24) is 14.9 Å². The number of carboxylic acids is 1. The second-order valence-electron chi connectivity index (χ2n) is 5.06. The summed E-state index contributed by atoms with van der Waals surface area (Å²) in [6.07, 6.45) is 6.77. The number of ether oxygens (including phenoxy) is 3. The van der Waals surface area contributed by atoms with Gasteiger partial charge in [-0.15, -0.1) is 0 Å². The van der Waals surface area contributed by atoms with Crippen LogP contribution in [0.15, 0.2) is 30.2 Å². The van der Waals surface area contributed by atoms with Gasteiger partial charge in [0.2, 0.25) is 11.8 Å². The van der Waals surface area contributed by atoms with Crippen LogP contribution in [0.5, 0.6) is 17.8 Å². The van der Waals surface area contributed by atoms with Gasteiger partial charge in [0, 0.05) is 12.7 Å². The van der Waals surface area contributed by atoms with Crippen molar-refractivity contribution < 1.29 is 24.1 Å². The standard InChI is InChI=1S/C16H21N3O5/c1-4-5-8-19-9-6-7-11(14(19)15(20)21)24-16-17-12(22-2)10-13(18-16)23-3/h6-7,9-10,14H,4-5,8H2,1-3H3,(H,20,21)/p-1. The highest BCUT2D eigenvalue weighted by Gasteiger charge is 2.26. The van der Waals surface area contributed by atoms with E-state index in [-0.39, 0.29) is 23.5 Å². The van der Waals surface area contributed by atoms with Crippen LogP contribution in [0.4, 0.5) is 0 Å². The van der Waals surface area contributed by atoms with Crippen LogP contribution in [-0.4, -0.2) is 47.6 Å². The average molecular weight is 334 g/mol. The van der Waals surface area contributed by atoms with Gasteiger partial charge in [0.25, 0.3) is 0 Å². The van der Waals surface area contributed by atoms with E-state index in [9.17, 15) is 9.90 Å². The van der Waals surface area contributed by atoms with Crippen molar-refractivity contribution in [3.05, 3.63) is 30.2 Å². The van der Waals surface area contributed by atoms with Gasteiger partial charge in [-0.2, -0.15) is 9.97 Å². The number of carbonyl (C=O) groups is 1. The van der Waals surface area contributed by atoms with E-state index in [1.807, 2.05) is 6.92 Å². The van der Waals surface area contributed by atoms with Gasteiger partial charge >= 0.3 is 6.01 Å². The van der Waals surface area contributed by atoms with Crippen molar-refractivity contribution in [2.45, 2.75) is 25.8 Å². The predicted octanol–water partition coefficient (Wildman–Crippen LogP) is 0.504. The lowest BCUT2D eigenvalue weighted by Gasteiger charge is -2.34. The van der Waals surface area contributed by atoms with E-state index in [2.05, 4.69) is 9.97 Å². The molecule has 0 spiro atoms. The molecule has 0 radical (unpaired) electrons. The van der Waals surface area contributed by atoms with Gasteiger partial charge in [0.15, 0.2) is 0 Å². The topological polar surface area (TPSA) is 96.8 Å². The number of hydrogen-bond donors (Lipinski definition) is 0. The van der Waals surface area contributed by atoms with E-state index < -0.39 is 12.0 Å². The molecular weight excluding hydrogens is 314 g/mol. The molecule has 0 saturated heterocycles. The molecule has 0 N–H and O–H groups in total. The summed E-state index contributed by atoms with van der Waals surface area (Å²) in [7, 11) is 2.90. The van der Waals surface area contributed by atoms with Crippen LogP contribution in [-0.2, 0) is 4.79 Å². The molecule has 24 heavy (non-hydrogen) atoms. The fourth-order valence-corrected chi connectivity index (χ4v) is 2.22. The summed E-state index contributed by atoms with van der Waals surface area (Å²) in [5.74, 6) is -0.589. The SMILES string of the molecule is CCCCN1C=CC=C(Oc2nc(OC)cc(OC)n2)C1C(=O)[O-]. The molecule has 1 aliphatic heterocycles. The van der Waals surface area contributed by atoms with Gasteiger partial charge < -0.3 is 29.0 Å². The monoisotopic (exact) mass is 334 g/mol. The third-order valence-corrected chi connectivity index (χ3v) is 3.42. The summed E-state index contributed by atoms with van der Waals surface area (Å²) >= 11 is 0. The van der Waals surface area contributed by atoms with E-state index >= 15 is 0 Å². The Morgan fingerprint density at radius 2 is 1.96 bits per heavy atom. The lowest BCUT2D eigenvalue weighted by atomic mass is 10.1. The Bertz CT molecular complexity index is 622. The minimum Gasteiger partial charge on any atom is -0.547 e. The molecule has 0 aliphatic carbocycles. The smallest absolute Gasteiger partial charge is 0.328 e. The molecule has 0 bridgehead atoms. The number of carboxylic acid groups (broad SMARTS) is 1. The van der Waals surface area contributed by atoms with Gasteiger partial charge in [-0.1, -0.05) is 13.3 Å². The van der Waals surface area contributed by atoms with E-state index in [0.29, 0.717) is 6.54 Å². The Morgan fingerprint density at radius 3 is 2.50 bits per heavy atom. The fourth-order valence-electron chi connectivity index (χ4n) is 2.22. The zero-order valence-corrected chi connectivity index (χ0v) is 13.9. The second kappa shape index (κ2) is 8.19. The zero-order valence-electron chi connectivity index (χ0n) is 13.9. The molecular formula is C16H20N3O5-. The number of nitrogens with zero attached hydrogens (tertiary/aromatic N) is 3. The van der Waals surface area contributed by atoms with Crippen LogP contribution in [0.3, 0.4) is 0 Å². The first-order chi connectivity index (χ1) is 11.6. The number of hydrogen-bond acceptors (Lipinski definition) is 8. The summed E-state index contributed by atoms with van der Waals surface area (Å²) in [5, 5.41) is 11.6. The van der Waals surface area contributed by atoms with E-state index in [4.69, 9.17) is 14.2 Å². The van der Waals surface area contributed by atoms with Crippen molar-refractivity contribution in [2.24, 2.45) is 0 Å². The summed E-state index contributed by atoms with van der Waals surface area (Å²) in [5.41, 5.74) is 0. The number of rotatable bonds is 8. The molecule has 1 unspecified atom stereocenters. The quantitative estimate of drug-likeness (QED) is 0.678. The first-order valence-electron chi connectivity index (χ1n) is 7.59. The maximum Gasteiger partial charge on any atom is 0.328 e. The zero-order chi connectivity index (χ0) is 17.5. The van der Waals surface area contributed by atoms with Gasteiger partial charge in [0.05, 0.1) is 26.3 Å². The molecule has 130 valence electrons. The number of aliphatic carboxylic acids is 1. The minimum absolute atomic E-state index is 0.0607. The molecule has 8 nitrogen and oxygen atoms in total. The maximum absolute atomic E-state index is 11.6. The summed E-state index contributed by atoms with van der Waals surface area (Å²) < 4.78 is 15.7. The minimum atomic E-state index is -1.25. The first kappa shape index (κ1) is 17.6. The van der Waals surface area contributed by atoms with E-state index in [0.717, 1.165) is 12.8 Å². The molecule has 2 rings (SSSR count). The highest BCUT2D eigenvalue weighted by Crippen LogP contribution is 2.24. The number of carbonyl (C=O) groups excluding carboxylic acids is 1. The van der Waals surface area contributed by atoms with Gasteiger partial charge in [0.1, 0.15) is 11.8 Å². The third kappa shape index (κ3) is 4.15. The Kier molecular flexibility index (Phi) is 6.00. The van der Waals surface area contributed by atoms with Crippen LogP contribution in [0.25, 0.3) is 0 Å². The van der Waals surface area contributed by atoms with Crippen molar-refractivity contribution in [3.63, 3.8) is 0 Å². The van der Waals surface area contributed by atoms with E-state index in [1.165, 1.54) is 20.3 Å². The predicted molar refractivity (Wildman–Crippen MR) is 83.4 cm³/mol. The molecule has 0 saturated carbocycles. The van der Waals surface area contributed by atoms with Crippen LogP contribution in [0, 0.1) is 0 Å². The van der Waals surface area contributed by atoms with Gasteiger partial charge in [-0.05, 0) is 18.6 Å². The van der Waals surface area contributed by atoms with Crippen molar-refractivity contribution in [3.8, 4) is 17.8 Å². The highest BCUT2D eigenvalue weighted by molar-refractivity contribution is 5.75. The molecule has 0 aromatic carbocycles. The summed E-state index contributed by atoms with van der Waals surface area (Å²) in [6.45, 7) is 2.61. The molecule has 1 aromatic rings. The summed E-state index contributed by atoms with van der Waals surface area (Å²) in [6, 6.07) is 0.392. The summed E-state index contributed by atoms with van der Waals surface area (Å²) in [4.78, 5) is 21.3. The molecule has 1 aliphatic rings. The van der Waals surface area contributed by atoms with Crippen LogP contribution < -0.4 is 19.3 Å². The Balaban J connectivity index is 2.25. The highest BCUT2D eigenvalue weighted by atomic mass is 16.5. The average Bonchev–Trinajstić information content (AvgIpc) is 2.59. The van der Waals surface area contributed by atoms with Gasteiger partial charge in [-0.25, -0.2) is 0 Å². The molecule has 2 heterocycles. The number of aromatic nitrogens is 2. The molecule has 0 amide bonds. The van der Waals surface area contributed by atoms with Crippen molar-refractivity contribution in [2.75, 3.05) is 20.8 Å². The molecule has 1 aromatic heterocycles. The second-order valence-corrected chi connectivity index (χ2v) is 5.06. The lowest BCUT2D eigenvalue weighted by Crippen LogP contribution is -2.49. The molecule has 0 fully saturated rings.